The molecule has 108 valence electrons. The number of hydrogen-bond acceptors (Lipinski definition) is 3. The Morgan fingerprint density at radius 2 is 1.05 bits per heavy atom. The van der Waals surface area contributed by atoms with Gasteiger partial charge in [-0.2, -0.15) is 39.5 Å². The summed E-state index contributed by atoms with van der Waals surface area (Å²) < 4.78 is 119. The number of alkyl halides is 10. The minimum atomic E-state index is -7.03. The van der Waals surface area contributed by atoms with Gasteiger partial charge in [-0.1, -0.05) is 4.90 Å². The maximum absolute atomic E-state index is 12.8. The molecule has 0 radical (unpaired) electrons. The molecule has 0 amide bonds. The van der Waals surface area contributed by atoms with E-state index in [0.717, 1.165) is 0 Å². The number of aliphatic carboxylic acids is 1. The van der Waals surface area contributed by atoms with Gasteiger partial charge in [0.25, 0.3) is 0 Å². The van der Waals surface area contributed by atoms with Gasteiger partial charge in [-0.05, 0) is 0 Å². The molecule has 0 N–H and O–H groups in total. The zero-order chi connectivity index (χ0) is 15.2. The first-order chi connectivity index (χ1) is 7.56. The van der Waals surface area contributed by atoms with E-state index in [1.54, 1.807) is 0 Å². The molecule has 0 spiro atoms. The molecule has 0 fully saturated rings. The molecule has 14 heteroatoms. The zero-order valence-corrected chi connectivity index (χ0v) is 10.5. The van der Waals surface area contributed by atoms with Crippen molar-refractivity contribution in [1.82, 2.24) is 4.90 Å². The molecule has 0 saturated carbocycles. The van der Waals surface area contributed by atoms with Crippen molar-refractivity contribution in [2.45, 2.75) is 24.6 Å². The molecule has 0 aromatic rings. The van der Waals surface area contributed by atoms with Gasteiger partial charge in [0.05, 0.1) is 0 Å². The second-order valence-corrected chi connectivity index (χ2v) is 2.68. The van der Waals surface area contributed by atoms with Crippen molar-refractivity contribution in [3.05, 3.63) is 0 Å². The monoisotopic (exact) mass is 319 g/mol. The Bertz CT molecular complexity index is 320. The van der Waals surface area contributed by atoms with Crippen LogP contribution in [0.2, 0.25) is 0 Å². The molecule has 1 unspecified atom stereocenters. The topological polar surface area (TPSA) is 43.4 Å². The molecule has 0 aliphatic rings. The van der Waals surface area contributed by atoms with Crippen LogP contribution >= 0.6 is 0 Å². The maximum atomic E-state index is 12.8. The van der Waals surface area contributed by atoms with Crippen LogP contribution in [0.3, 0.4) is 0 Å². The summed E-state index contributed by atoms with van der Waals surface area (Å²) in [5.74, 6) is -11.0. The molecule has 0 heterocycles. The number of carbonyl (C=O) groups excluding carboxylic acids is 1. The van der Waals surface area contributed by atoms with E-state index < -0.39 is 35.4 Å². The number of halogens is 10. The number of carboxylic acid groups (broad SMARTS) is 1. The summed E-state index contributed by atoms with van der Waals surface area (Å²) in [7, 11) is 0. The van der Waals surface area contributed by atoms with Gasteiger partial charge in [-0.3, -0.25) is 0 Å². The van der Waals surface area contributed by atoms with Gasteiger partial charge in [-0.25, -0.2) is 4.39 Å². The van der Waals surface area contributed by atoms with Crippen LogP contribution in [0.15, 0.2) is 0 Å². The van der Waals surface area contributed by atoms with E-state index in [2.05, 4.69) is 0 Å². The molecular formula is C5F10NNaO2. The SMILES string of the molecule is O=C([O-])C(F)(N(C(F)(F)F)C(F)(F)F)C(F)(F)F.[Na+]. The Hall–Kier alpha value is -0.270. The summed E-state index contributed by atoms with van der Waals surface area (Å²) in [6.45, 7) is 0. The van der Waals surface area contributed by atoms with E-state index in [4.69, 9.17) is 0 Å². The molecule has 0 aromatic carbocycles. The minimum Gasteiger partial charge on any atom is -0.545 e. The fourth-order valence-electron chi connectivity index (χ4n) is 0.827. The van der Waals surface area contributed by atoms with Crippen LogP contribution in [0.5, 0.6) is 0 Å². The first-order valence-electron chi connectivity index (χ1n) is 3.47. The predicted molar refractivity (Wildman–Crippen MR) is 28.9 cm³/mol. The van der Waals surface area contributed by atoms with E-state index in [1.165, 1.54) is 0 Å². The maximum Gasteiger partial charge on any atom is 1.00 e. The van der Waals surface area contributed by atoms with E-state index in [9.17, 15) is 53.8 Å². The van der Waals surface area contributed by atoms with Crippen molar-refractivity contribution in [3.8, 4) is 0 Å². The summed E-state index contributed by atoms with van der Waals surface area (Å²) in [6.07, 6.45) is -21.0. The van der Waals surface area contributed by atoms with Gasteiger partial charge in [0.2, 0.25) is 0 Å². The molecule has 0 rings (SSSR count). The number of hydrogen-bond donors (Lipinski definition) is 0. The minimum absolute atomic E-state index is 0. The zero-order valence-electron chi connectivity index (χ0n) is 8.54. The van der Waals surface area contributed by atoms with Crippen molar-refractivity contribution in [1.29, 1.82) is 0 Å². The van der Waals surface area contributed by atoms with E-state index in [1.807, 2.05) is 0 Å². The van der Waals surface area contributed by atoms with Crippen LogP contribution in [-0.2, 0) is 4.79 Å². The molecule has 3 nitrogen and oxygen atoms in total. The number of nitrogens with zero attached hydrogens (tertiary/aromatic N) is 1. The van der Waals surface area contributed by atoms with Crippen molar-refractivity contribution in [2.24, 2.45) is 0 Å². The second-order valence-electron chi connectivity index (χ2n) is 2.68. The summed E-state index contributed by atoms with van der Waals surface area (Å²) >= 11 is 0. The van der Waals surface area contributed by atoms with Gasteiger partial charge in [-0.15, -0.1) is 0 Å². The molecule has 1 atom stereocenters. The van der Waals surface area contributed by atoms with Gasteiger partial charge in [0.15, 0.2) is 0 Å². The van der Waals surface area contributed by atoms with Gasteiger partial charge < -0.3 is 9.90 Å². The third-order valence-corrected chi connectivity index (χ3v) is 1.46. The van der Waals surface area contributed by atoms with Crippen LogP contribution in [-0.4, -0.2) is 35.4 Å². The van der Waals surface area contributed by atoms with Crippen molar-refractivity contribution >= 4 is 5.97 Å². The fraction of sp³-hybridized carbons (Fsp3) is 0.800. The molecule has 0 bridgehead atoms. The standard InChI is InChI=1S/C5HF10NO2.Na/c6-2(1(17)18,3(7,8)9)16(4(10,11)12)5(13,14)15;/h(H,17,18);/q;+1/p-1. The number of carboxylic acids is 1. The number of rotatable bonds is 2. The molecule has 0 aromatic heterocycles. The summed E-state index contributed by atoms with van der Waals surface area (Å²) in [6, 6.07) is 0. The van der Waals surface area contributed by atoms with E-state index >= 15 is 0 Å². The van der Waals surface area contributed by atoms with Gasteiger partial charge in [0.1, 0.15) is 5.97 Å². The third kappa shape index (κ3) is 4.10. The summed E-state index contributed by atoms with van der Waals surface area (Å²) in [5, 5.41) is 9.75. The van der Waals surface area contributed by atoms with Crippen LogP contribution in [0, 0.1) is 0 Å². The first-order valence-corrected chi connectivity index (χ1v) is 3.47. The smallest absolute Gasteiger partial charge is 0.545 e. The van der Waals surface area contributed by atoms with Crippen LogP contribution in [0.25, 0.3) is 0 Å². The molecule has 19 heavy (non-hydrogen) atoms. The Morgan fingerprint density at radius 3 is 1.11 bits per heavy atom. The second kappa shape index (κ2) is 5.61. The Morgan fingerprint density at radius 1 is 0.789 bits per heavy atom. The molecule has 0 saturated heterocycles. The quantitative estimate of drug-likeness (QED) is 0.347. The molecule has 0 aliphatic carbocycles. The average Bonchev–Trinajstić information content (AvgIpc) is 1.94. The third-order valence-electron chi connectivity index (χ3n) is 1.46. The Balaban J connectivity index is 0. The van der Waals surface area contributed by atoms with Crippen LogP contribution in [0.1, 0.15) is 0 Å². The van der Waals surface area contributed by atoms with Crippen molar-refractivity contribution in [3.63, 3.8) is 0 Å². The predicted octanol–water partition coefficient (Wildman–Crippen LogP) is -1.69. The number of carbonyl (C=O) groups is 1. The first kappa shape index (κ1) is 21.0. The molecular weight excluding hydrogens is 319 g/mol. The Labute approximate surface area is 119 Å². The molecule has 0 aliphatic heterocycles. The summed E-state index contributed by atoms with van der Waals surface area (Å²) in [5.41, 5.74) is 0. The Kier molecular flexibility index (Phi) is 6.22. The average molecular weight is 319 g/mol. The van der Waals surface area contributed by atoms with Gasteiger partial charge in [0, 0.05) is 0 Å². The largest absolute Gasteiger partial charge is 1.00 e. The van der Waals surface area contributed by atoms with Crippen molar-refractivity contribution < 1.29 is 83.4 Å². The fourth-order valence-corrected chi connectivity index (χ4v) is 0.827. The van der Waals surface area contributed by atoms with Crippen LogP contribution < -0.4 is 34.7 Å². The van der Waals surface area contributed by atoms with E-state index in [0.29, 0.717) is 0 Å². The summed E-state index contributed by atoms with van der Waals surface area (Å²) in [4.78, 5) is 6.02. The van der Waals surface area contributed by atoms with Crippen LogP contribution in [0.4, 0.5) is 43.9 Å². The van der Waals surface area contributed by atoms with E-state index in [-0.39, 0.29) is 29.6 Å². The van der Waals surface area contributed by atoms with Crippen molar-refractivity contribution in [2.75, 3.05) is 0 Å². The normalized spacial score (nSPS) is 16.8. The van der Waals surface area contributed by atoms with Gasteiger partial charge >= 0.3 is 54.1 Å².